The quantitative estimate of drug-likeness (QED) is 0.866. The van der Waals surface area contributed by atoms with Crippen molar-refractivity contribution in [1.29, 1.82) is 0 Å². The number of pyridine rings is 1. The molecule has 1 saturated carbocycles. The second kappa shape index (κ2) is 5.32. The standard InChI is InChI=1S/C16H18N2/c1-2-6-15(12-18-16-7-8-16)14(5-1)10-13-4-3-9-17-11-13/h1-6,9,11,16,18H,7-8,10,12H2. The summed E-state index contributed by atoms with van der Waals surface area (Å²) in [6, 6.07) is 13.6. The fraction of sp³-hybridized carbons (Fsp3) is 0.312. The van der Waals surface area contributed by atoms with E-state index in [0.717, 1.165) is 19.0 Å². The summed E-state index contributed by atoms with van der Waals surface area (Å²) in [5.41, 5.74) is 4.09. The van der Waals surface area contributed by atoms with Crippen molar-refractivity contribution in [1.82, 2.24) is 10.3 Å². The normalized spacial score (nSPS) is 14.7. The lowest BCUT2D eigenvalue weighted by atomic mass is 10.0. The lowest BCUT2D eigenvalue weighted by Crippen LogP contribution is -2.16. The van der Waals surface area contributed by atoms with Gasteiger partial charge in [-0.15, -0.1) is 0 Å². The van der Waals surface area contributed by atoms with Gasteiger partial charge in [0.25, 0.3) is 0 Å². The Morgan fingerprint density at radius 3 is 2.61 bits per heavy atom. The molecule has 3 rings (SSSR count). The summed E-state index contributed by atoms with van der Waals surface area (Å²) in [6.45, 7) is 0.987. The summed E-state index contributed by atoms with van der Waals surface area (Å²) in [5, 5.41) is 3.58. The minimum Gasteiger partial charge on any atom is -0.310 e. The first-order valence-corrected chi connectivity index (χ1v) is 6.61. The second-order valence-corrected chi connectivity index (χ2v) is 4.96. The molecule has 0 spiro atoms. The van der Waals surface area contributed by atoms with Gasteiger partial charge in [-0.1, -0.05) is 30.3 Å². The van der Waals surface area contributed by atoms with Gasteiger partial charge in [0.15, 0.2) is 0 Å². The maximum atomic E-state index is 4.18. The molecule has 0 bridgehead atoms. The van der Waals surface area contributed by atoms with Crippen LogP contribution in [-0.2, 0) is 13.0 Å². The third-order valence-corrected chi connectivity index (χ3v) is 3.39. The van der Waals surface area contributed by atoms with E-state index in [-0.39, 0.29) is 0 Å². The predicted molar refractivity (Wildman–Crippen MR) is 73.3 cm³/mol. The Bertz CT molecular complexity index is 504. The Kier molecular flexibility index (Phi) is 3.37. The van der Waals surface area contributed by atoms with E-state index in [1.54, 1.807) is 0 Å². The minimum atomic E-state index is 0.761. The highest BCUT2D eigenvalue weighted by atomic mass is 14.9. The van der Waals surface area contributed by atoms with Crippen LogP contribution in [0.3, 0.4) is 0 Å². The average molecular weight is 238 g/mol. The van der Waals surface area contributed by atoms with Crippen molar-refractivity contribution in [2.24, 2.45) is 0 Å². The molecule has 2 aromatic rings. The van der Waals surface area contributed by atoms with Crippen molar-refractivity contribution in [3.05, 3.63) is 65.5 Å². The molecule has 1 aliphatic carbocycles. The predicted octanol–water partition coefficient (Wildman–Crippen LogP) is 2.92. The Morgan fingerprint density at radius 1 is 1.06 bits per heavy atom. The maximum Gasteiger partial charge on any atom is 0.0303 e. The molecule has 0 amide bonds. The summed E-state index contributed by atoms with van der Waals surface area (Å²) in [5.74, 6) is 0. The van der Waals surface area contributed by atoms with Crippen LogP contribution in [0.15, 0.2) is 48.8 Å². The molecule has 1 N–H and O–H groups in total. The largest absolute Gasteiger partial charge is 0.310 e. The van der Waals surface area contributed by atoms with Gasteiger partial charge >= 0.3 is 0 Å². The molecule has 1 aromatic heterocycles. The lowest BCUT2D eigenvalue weighted by molar-refractivity contribution is 0.683. The summed E-state index contributed by atoms with van der Waals surface area (Å²) >= 11 is 0. The number of nitrogens with one attached hydrogen (secondary N) is 1. The highest BCUT2D eigenvalue weighted by molar-refractivity contribution is 5.32. The summed E-state index contributed by atoms with van der Waals surface area (Å²) in [6.07, 6.45) is 7.42. The van der Waals surface area contributed by atoms with Crippen LogP contribution in [0.2, 0.25) is 0 Å². The number of rotatable bonds is 5. The van der Waals surface area contributed by atoms with E-state index >= 15 is 0 Å². The van der Waals surface area contributed by atoms with Crippen LogP contribution < -0.4 is 5.32 Å². The van der Waals surface area contributed by atoms with Gasteiger partial charge < -0.3 is 5.32 Å². The monoisotopic (exact) mass is 238 g/mol. The van der Waals surface area contributed by atoms with E-state index in [2.05, 4.69) is 40.6 Å². The molecule has 0 atom stereocenters. The van der Waals surface area contributed by atoms with Gasteiger partial charge in [0.05, 0.1) is 0 Å². The highest BCUT2D eigenvalue weighted by Gasteiger charge is 2.20. The number of benzene rings is 1. The van der Waals surface area contributed by atoms with Gasteiger partial charge in [-0.05, 0) is 42.0 Å². The maximum absolute atomic E-state index is 4.18. The van der Waals surface area contributed by atoms with Gasteiger partial charge in [0.1, 0.15) is 0 Å². The zero-order valence-corrected chi connectivity index (χ0v) is 10.5. The number of nitrogens with zero attached hydrogens (tertiary/aromatic N) is 1. The lowest BCUT2D eigenvalue weighted by Gasteiger charge is -2.10. The van der Waals surface area contributed by atoms with Crippen molar-refractivity contribution in [3.63, 3.8) is 0 Å². The van der Waals surface area contributed by atoms with E-state index < -0.39 is 0 Å². The Balaban J connectivity index is 1.73. The molecule has 0 unspecified atom stereocenters. The van der Waals surface area contributed by atoms with Crippen LogP contribution in [0.4, 0.5) is 0 Å². The van der Waals surface area contributed by atoms with Gasteiger partial charge in [-0.25, -0.2) is 0 Å². The molecule has 1 heterocycles. The van der Waals surface area contributed by atoms with E-state index in [1.807, 2.05) is 18.5 Å². The topological polar surface area (TPSA) is 24.9 Å². The van der Waals surface area contributed by atoms with Crippen molar-refractivity contribution in [2.45, 2.75) is 31.8 Å². The molecule has 0 radical (unpaired) electrons. The minimum absolute atomic E-state index is 0.761. The third-order valence-electron chi connectivity index (χ3n) is 3.39. The molecule has 1 aromatic carbocycles. The smallest absolute Gasteiger partial charge is 0.0303 e. The molecule has 0 saturated heterocycles. The Labute approximate surface area is 108 Å². The third kappa shape index (κ3) is 2.96. The summed E-state index contributed by atoms with van der Waals surface area (Å²) in [4.78, 5) is 4.18. The van der Waals surface area contributed by atoms with Crippen molar-refractivity contribution in [3.8, 4) is 0 Å². The molecular weight excluding hydrogens is 220 g/mol. The fourth-order valence-electron chi connectivity index (χ4n) is 2.17. The molecule has 2 nitrogen and oxygen atoms in total. The SMILES string of the molecule is c1cncc(Cc2ccccc2CNC2CC2)c1. The molecule has 0 aliphatic heterocycles. The van der Waals surface area contributed by atoms with E-state index in [9.17, 15) is 0 Å². The van der Waals surface area contributed by atoms with Crippen molar-refractivity contribution in [2.75, 3.05) is 0 Å². The van der Waals surface area contributed by atoms with E-state index in [4.69, 9.17) is 0 Å². The van der Waals surface area contributed by atoms with Crippen LogP contribution >= 0.6 is 0 Å². The Hall–Kier alpha value is -1.67. The summed E-state index contributed by atoms with van der Waals surface area (Å²) in [7, 11) is 0. The molecular formula is C16H18N2. The molecule has 18 heavy (non-hydrogen) atoms. The fourth-order valence-corrected chi connectivity index (χ4v) is 2.17. The van der Waals surface area contributed by atoms with Gasteiger partial charge in [0, 0.05) is 25.0 Å². The first kappa shape index (κ1) is 11.4. The highest BCUT2D eigenvalue weighted by Crippen LogP contribution is 2.20. The van der Waals surface area contributed by atoms with E-state index in [0.29, 0.717) is 0 Å². The molecule has 1 aliphatic rings. The van der Waals surface area contributed by atoms with Crippen molar-refractivity contribution >= 4 is 0 Å². The van der Waals surface area contributed by atoms with E-state index in [1.165, 1.54) is 29.5 Å². The first-order chi connectivity index (χ1) is 8.92. The number of hydrogen-bond acceptors (Lipinski definition) is 2. The zero-order chi connectivity index (χ0) is 12.2. The molecule has 2 heteroatoms. The van der Waals surface area contributed by atoms with Crippen LogP contribution in [0.1, 0.15) is 29.5 Å². The first-order valence-electron chi connectivity index (χ1n) is 6.61. The van der Waals surface area contributed by atoms with Crippen LogP contribution in [0.25, 0.3) is 0 Å². The van der Waals surface area contributed by atoms with Crippen LogP contribution in [-0.4, -0.2) is 11.0 Å². The van der Waals surface area contributed by atoms with Gasteiger partial charge in [-0.3, -0.25) is 4.98 Å². The molecule has 92 valence electrons. The molecule has 1 fully saturated rings. The summed E-state index contributed by atoms with van der Waals surface area (Å²) < 4.78 is 0. The second-order valence-electron chi connectivity index (χ2n) is 4.96. The van der Waals surface area contributed by atoms with Crippen LogP contribution in [0, 0.1) is 0 Å². The zero-order valence-electron chi connectivity index (χ0n) is 10.5. The van der Waals surface area contributed by atoms with Gasteiger partial charge in [-0.2, -0.15) is 0 Å². The average Bonchev–Trinajstić information content (AvgIpc) is 3.23. The number of hydrogen-bond donors (Lipinski definition) is 1. The Morgan fingerprint density at radius 2 is 1.89 bits per heavy atom. The van der Waals surface area contributed by atoms with Gasteiger partial charge in [0.2, 0.25) is 0 Å². The van der Waals surface area contributed by atoms with Crippen LogP contribution in [0.5, 0.6) is 0 Å². The van der Waals surface area contributed by atoms with Crippen molar-refractivity contribution < 1.29 is 0 Å². The number of aromatic nitrogens is 1.